The maximum Gasteiger partial charge on any atom is 0.0923 e. The molecule has 3 heteroatoms. The average Bonchev–Trinajstić information content (AvgIpc) is 2.31. The first-order valence-electron chi connectivity index (χ1n) is 5.97. The molecule has 2 N–H and O–H groups in total. The monoisotopic (exact) mass is 220 g/mol. The van der Waals surface area contributed by atoms with Crippen LogP contribution in [0.3, 0.4) is 0 Å². The van der Waals surface area contributed by atoms with Gasteiger partial charge in [0.1, 0.15) is 0 Å². The van der Waals surface area contributed by atoms with Crippen molar-refractivity contribution >= 4 is 0 Å². The summed E-state index contributed by atoms with van der Waals surface area (Å²) in [5.41, 5.74) is 1.14. The van der Waals surface area contributed by atoms with Crippen LogP contribution in [0.25, 0.3) is 0 Å². The third-order valence-corrected chi connectivity index (χ3v) is 3.59. The van der Waals surface area contributed by atoms with Crippen molar-refractivity contribution in [1.82, 2.24) is 10.3 Å². The van der Waals surface area contributed by atoms with Crippen LogP contribution in [0.1, 0.15) is 31.0 Å². The van der Waals surface area contributed by atoms with Gasteiger partial charge in [0.05, 0.1) is 5.60 Å². The Hall–Kier alpha value is -0.930. The lowest BCUT2D eigenvalue weighted by Gasteiger charge is -2.36. The van der Waals surface area contributed by atoms with E-state index in [1.807, 2.05) is 26.0 Å². The van der Waals surface area contributed by atoms with E-state index in [-0.39, 0.29) is 5.92 Å². The van der Waals surface area contributed by atoms with E-state index in [4.69, 9.17) is 0 Å². The lowest BCUT2D eigenvalue weighted by atomic mass is 9.79. The first kappa shape index (κ1) is 11.6. The smallest absolute Gasteiger partial charge is 0.0923 e. The third kappa shape index (κ3) is 2.25. The van der Waals surface area contributed by atoms with Crippen molar-refractivity contribution in [2.24, 2.45) is 5.92 Å². The van der Waals surface area contributed by atoms with Gasteiger partial charge in [-0.3, -0.25) is 4.98 Å². The van der Waals surface area contributed by atoms with Crippen LogP contribution in [-0.2, 0) is 5.60 Å². The summed E-state index contributed by atoms with van der Waals surface area (Å²) in [6.07, 6.45) is 4.01. The highest BCUT2D eigenvalue weighted by Crippen LogP contribution is 2.32. The number of hydrogen-bond acceptors (Lipinski definition) is 3. The molecule has 2 heterocycles. The second-order valence-electron chi connectivity index (χ2n) is 4.88. The van der Waals surface area contributed by atoms with Crippen LogP contribution in [0.4, 0.5) is 0 Å². The number of nitrogens with one attached hydrogen (secondary N) is 1. The third-order valence-electron chi connectivity index (χ3n) is 3.59. The van der Waals surface area contributed by atoms with Crippen molar-refractivity contribution in [3.05, 3.63) is 29.6 Å². The molecule has 2 unspecified atom stereocenters. The number of pyridine rings is 1. The molecular formula is C13H20N2O. The van der Waals surface area contributed by atoms with E-state index in [0.717, 1.165) is 37.2 Å². The maximum atomic E-state index is 10.6. The van der Waals surface area contributed by atoms with E-state index < -0.39 is 5.60 Å². The van der Waals surface area contributed by atoms with Gasteiger partial charge in [-0.1, -0.05) is 6.07 Å². The second-order valence-corrected chi connectivity index (χ2v) is 4.88. The Labute approximate surface area is 96.9 Å². The zero-order valence-electron chi connectivity index (χ0n) is 10.0. The van der Waals surface area contributed by atoms with E-state index >= 15 is 0 Å². The summed E-state index contributed by atoms with van der Waals surface area (Å²) in [5.74, 6) is 0.283. The molecule has 1 aliphatic heterocycles. The molecule has 1 aromatic rings. The Bertz CT molecular complexity index is 339. The van der Waals surface area contributed by atoms with Crippen molar-refractivity contribution < 1.29 is 5.11 Å². The lowest BCUT2D eigenvalue weighted by molar-refractivity contribution is -0.0159. The molecule has 1 aromatic heterocycles. The Morgan fingerprint density at radius 1 is 1.50 bits per heavy atom. The van der Waals surface area contributed by atoms with Gasteiger partial charge in [0, 0.05) is 29.9 Å². The van der Waals surface area contributed by atoms with Gasteiger partial charge in [-0.15, -0.1) is 0 Å². The van der Waals surface area contributed by atoms with Crippen LogP contribution in [0.15, 0.2) is 18.3 Å². The Morgan fingerprint density at radius 2 is 2.31 bits per heavy atom. The Morgan fingerprint density at radius 3 is 2.88 bits per heavy atom. The van der Waals surface area contributed by atoms with Gasteiger partial charge >= 0.3 is 0 Å². The summed E-state index contributed by atoms with van der Waals surface area (Å²) >= 11 is 0. The fourth-order valence-electron chi connectivity index (χ4n) is 2.33. The minimum atomic E-state index is -0.770. The van der Waals surface area contributed by atoms with Crippen molar-refractivity contribution in [3.63, 3.8) is 0 Å². The molecule has 1 aliphatic rings. The highest BCUT2D eigenvalue weighted by molar-refractivity contribution is 5.21. The van der Waals surface area contributed by atoms with Gasteiger partial charge in [-0.25, -0.2) is 0 Å². The first-order valence-corrected chi connectivity index (χ1v) is 5.97. The van der Waals surface area contributed by atoms with Crippen LogP contribution in [0, 0.1) is 12.8 Å². The predicted octanol–water partition coefficient (Wildman–Crippen LogP) is 1.60. The van der Waals surface area contributed by atoms with Gasteiger partial charge in [0.25, 0.3) is 0 Å². The van der Waals surface area contributed by atoms with Crippen molar-refractivity contribution in [3.8, 4) is 0 Å². The van der Waals surface area contributed by atoms with Crippen LogP contribution >= 0.6 is 0 Å². The molecule has 0 saturated carbocycles. The van der Waals surface area contributed by atoms with Crippen LogP contribution in [0.5, 0.6) is 0 Å². The van der Waals surface area contributed by atoms with Crippen molar-refractivity contribution in [1.29, 1.82) is 0 Å². The molecular weight excluding hydrogens is 200 g/mol. The van der Waals surface area contributed by atoms with E-state index in [1.54, 1.807) is 6.20 Å². The predicted molar refractivity (Wildman–Crippen MR) is 64.1 cm³/mol. The average molecular weight is 220 g/mol. The molecule has 3 nitrogen and oxygen atoms in total. The number of aliphatic hydroxyl groups is 1. The maximum absolute atomic E-state index is 10.6. The van der Waals surface area contributed by atoms with Gasteiger partial charge in [0.15, 0.2) is 0 Å². The number of nitrogens with zero attached hydrogens (tertiary/aromatic N) is 1. The summed E-state index contributed by atoms with van der Waals surface area (Å²) in [4.78, 5) is 4.26. The highest BCUT2D eigenvalue weighted by Gasteiger charge is 2.34. The summed E-state index contributed by atoms with van der Waals surface area (Å²) < 4.78 is 0. The molecule has 0 aliphatic carbocycles. The number of rotatable bonds is 2. The molecule has 0 bridgehead atoms. The highest BCUT2D eigenvalue weighted by atomic mass is 16.3. The zero-order valence-corrected chi connectivity index (χ0v) is 10.0. The van der Waals surface area contributed by atoms with E-state index in [9.17, 15) is 5.11 Å². The molecule has 2 rings (SSSR count). The standard InChI is InChI=1S/C13H20N2O/c1-10-5-6-12(9-15-10)13(2,16)11-4-3-7-14-8-11/h5-6,9,11,14,16H,3-4,7-8H2,1-2H3. The quantitative estimate of drug-likeness (QED) is 0.795. The van der Waals surface area contributed by atoms with Gasteiger partial charge in [-0.2, -0.15) is 0 Å². The van der Waals surface area contributed by atoms with Gasteiger partial charge < -0.3 is 10.4 Å². The molecule has 1 fully saturated rings. The van der Waals surface area contributed by atoms with Crippen LogP contribution in [-0.4, -0.2) is 23.2 Å². The molecule has 0 amide bonds. The second kappa shape index (κ2) is 4.52. The summed E-state index contributed by atoms with van der Waals surface area (Å²) in [7, 11) is 0. The first-order chi connectivity index (χ1) is 7.60. The minimum Gasteiger partial charge on any atom is -0.385 e. The number of aryl methyl sites for hydroxylation is 1. The zero-order chi connectivity index (χ0) is 11.6. The SMILES string of the molecule is Cc1ccc(C(C)(O)C2CCCNC2)cn1. The van der Waals surface area contributed by atoms with Crippen molar-refractivity contribution in [2.45, 2.75) is 32.3 Å². The molecule has 0 aromatic carbocycles. The molecule has 88 valence electrons. The fraction of sp³-hybridized carbons (Fsp3) is 0.615. The Balaban J connectivity index is 2.19. The van der Waals surface area contributed by atoms with Gasteiger partial charge in [0.2, 0.25) is 0 Å². The Kier molecular flexibility index (Phi) is 3.26. The summed E-state index contributed by atoms with van der Waals surface area (Å²) in [6, 6.07) is 3.94. The van der Waals surface area contributed by atoms with Gasteiger partial charge in [-0.05, 0) is 39.3 Å². The van der Waals surface area contributed by atoms with Crippen molar-refractivity contribution in [2.75, 3.05) is 13.1 Å². The van der Waals surface area contributed by atoms with E-state index in [2.05, 4.69) is 10.3 Å². The topological polar surface area (TPSA) is 45.1 Å². The number of aromatic nitrogens is 1. The molecule has 0 radical (unpaired) electrons. The normalized spacial score (nSPS) is 25.1. The molecule has 16 heavy (non-hydrogen) atoms. The molecule has 2 atom stereocenters. The van der Waals surface area contributed by atoms with Crippen LogP contribution < -0.4 is 5.32 Å². The summed E-state index contributed by atoms with van der Waals surface area (Å²) in [6.45, 7) is 5.82. The summed E-state index contributed by atoms with van der Waals surface area (Å²) in [5, 5.41) is 14.0. The fourth-order valence-corrected chi connectivity index (χ4v) is 2.33. The lowest BCUT2D eigenvalue weighted by Crippen LogP contribution is -2.42. The van der Waals surface area contributed by atoms with E-state index in [0.29, 0.717) is 0 Å². The number of piperidine rings is 1. The molecule has 1 saturated heterocycles. The minimum absolute atomic E-state index is 0.283. The van der Waals surface area contributed by atoms with Crippen LogP contribution in [0.2, 0.25) is 0 Å². The van der Waals surface area contributed by atoms with E-state index in [1.165, 1.54) is 0 Å². The largest absolute Gasteiger partial charge is 0.385 e. The molecule has 0 spiro atoms. The number of hydrogen-bond donors (Lipinski definition) is 2.